The number of aliphatic hydroxyl groups excluding tert-OH is 1. The van der Waals surface area contributed by atoms with E-state index in [-0.39, 0.29) is 12.5 Å². The number of carbonyl (C=O) groups is 1. The Hall–Kier alpha value is -1.80. The normalized spacial score (nSPS) is 15.1. The summed E-state index contributed by atoms with van der Waals surface area (Å²) in [5.74, 6) is -0.222. The summed E-state index contributed by atoms with van der Waals surface area (Å²) < 4.78 is 23.1. The molecule has 0 aliphatic heterocycles. The van der Waals surface area contributed by atoms with Crippen LogP contribution in [0.1, 0.15) is 155 Å². The quantitative estimate of drug-likeness (QED) is 0.0286. The molecule has 302 valence electrons. The molecule has 3 atom stereocenters. The van der Waals surface area contributed by atoms with Crippen LogP contribution in [-0.4, -0.2) is 68.5 Å². The average Bonchev–Trinajstić information content (AvgIpc) is 3.09. The summed E-state index contributed by atoms with van der Waals surface area (Å²) in [5.41, 5.74) is 0. The summed E-state index contributed by atoms with van der Waals surface area (Å²) in [6.45, 7) is 4.48. The van der Waals surface area contributed by atoms with Crippen LogP contribution < -0.4 is 10.2 Å². The molecule has 0 aliphatic carbocycles. The Balaban J connectivity index is 4.45. The summed E-state index contributed by atoms with van der Waals surface area (Å²) in [7, 11) is 1.22. The number of hydrogen-bond acceptors (Lipinski definition) is 6. The van der Waals surface area contributed by atoms with E-state index in [1.807, 2.05) is 27.2 Å². The molecular formula is C43H79N2O6P. The second kappa shape index (κ2) is 34.9. The highest BCUT2D eigenvalue weighted by Crippen LogP contribution is 2.38. The molecule has 0 saturated heterocycles. The molecule has 8 nitrogen and oxygen atoms in total. The van der Waals surface area contributed by atoms with E-state index >= 15 is 0 Å². The second-order valence-corrected chi connectivity index (χ2v) is 16.4. The highest BCUT2D eigenvalue weighted by molar-refractivity contribution is 7.45. The SMILES string of the molecule is CCC/C=C/CC/C=C/CC/C=C/C(O)C(COP(=O)([O-])OCC[N+](C)(C)C)NC(=O)CCCCCCCCCCC/C=C\C/C=C\CCCCC. The lowest BCUT2D eigenvalue weighted by Crippen LogP contribution is -2.45. The third kappa shape index (κ3) is 36.6. The van der Waals surface area contributed by atoms with Crippen LogP contribution in [-0.2, 0) is 18.4 Å². The van der Waals surface area contributed by atoms with Gasteiger partial charge in [0.2, 0.25) is 5.91 Å². The molecule has 0 saturated carbocycles. The van der Waals surface area contributed by atoms with Crippen LogP contribution in [0.3, 0.4) is 0 Å². The summed E-state index contributed by atoms with van der Waals surface area (Å²) in [4.78, 5) is 25.2. The van der Waals surface area contributed by atoms with Crippen LogP contribution in [0.4, 0.5) is 0 Å². The molecule has 0 aliphatic rings. The van der Waals surface area contributed by atoms with Crippen molar-refractivity contribution < 1.29 is 32.9 Å². The van der Waals surface area contributed by atoms with Gasteiger partial charge in [0.1, 0.15) is 13.2 Å². The van der Waals surface area contributed by atoms with Gasteiger partial charge in [0.25, 0.3) is 7.82 Å². The predicted octanol–water partition coefficient (Wildman–Crippen LogP) is 10.4. The first kappa shape index (κ1) is 50.2. The number of phosphoric acid groups is 1. The third-order valence-corrected chi connectivity index (χ3v) is 9.62. The lowest BCUT2D eigenvalue weighted by atomic mass is 10.1. The standard InChI is InChI=1S/C43H79N2O6P/c1-6-8-10-12-14-16-18-19-20-21-22-23-24-25-27-29-31-33-35-37-43(47)44-41(40-51-52(48,49)50-39-38-45(3,4)5)42(46)36-34-32-30-28-26-17-15-13-11-9-7-2/h11,13-14,16,19-20,26,28,34,36,41-42,46H,6-10,12,15,17-18,21-25,27,29-33,35,37-40H2,1-5H3,(H-,44,47,48,49)/b13-11+,16-14-,20-19-,28-26+,36-34+. The van der Waals surface area contributed by atoms with Gasteiger partial charge in [0.15, 0.2) is 0 Å². The Bertz CT molecular complexity index is 1030. The molecule has 1 amide bonds. The molecule has 0 fully saturated rings. The van der Waals surface area contributed by atoms with E-state index in [4.69, 9.17) is 9.05 Å². The Labute approximate surface area is 320 Å². The number of carbonyl (C=O) groups excluding carboxylic acids is 1. The zero-order valence-corrected chi connectivity index (χ0v) is 34.9. The van der Waals surface area contributed by atoms with Crippen molar-refractivity contribution in [3.05, 3.63) is 60.8 Å². The van der Waals surface area contributed by atoms with Gasteiger partial charge < -0.3 is 28.8 Å². The maximum Gasteiger partial charge on any atom is 0.268 e. The van der Waals surface area contributed by atoms with Gasteiger partial charge in [-0.25, -0.2) is 0 Å². The molecular weight excluding hydrogens is 671 g/mol. The summed E-state index contributed by atoms with van der Waals surface area (Å²) >= 11 is 0. The number of phosphoric ester groups is 1. The summed E-state index contributed by atoms with van der Waals surface area (Å²) in [6.07, 6.45) is 44.1. The Morgan fingerprint density at radius 1 is 0.673 bits per heavy atom. The molecule has 0 radical (unpaired) electrons. The van der Waals surface area contributed by atoms with Gasteiger partial charge in [0.05, 0.1) is 39.9 Å². The smallest absolute Gasteiger partial charge is 0.268 e. The molecule has 0 rings (SSSR count). The zero-order chi connectivity index (χ0) is 38.6. The van der Waals surface area contributed by atoms with Crippen molar-refractivity contribution in [2.75, 3.05) is 40.9 Å². The molecule has 0 heterocycles. The summed E-state index contributed by atoms with van der Waals surface area (Å²) in [6, 6.07) is -0.911. The molecule has 0 bridgehead atoms. The minimum absolute atomic E-state index is 0.0124. The van der Waals surface area contributed by atoms with E-state index < -0.39 is 26.6 Å². The molecule has 0 aromatic heterocycles. The number of nitrogens with one attached hydrogen (secondary N) is 1. The number of quaternary nitrogens is 1. The zero-order valence-electron chi connectivity index (χ0n) is 34.0. The lowest BCUT2D eigenvalue weighted by Gasteiger charge is -2.29. The van der Waals surface area contributed by atoms with Crippen LogP contribution in [0.15, 0.2) is 60.8 Å². The van der Waals surface area contributed by atoms with Gasteiger partial charge in [-0.2, -0.15) is 0 Å². The molecule has 3 unspecified atom stereocenters. The number of hydrogen-bond donors (Lipinski definition) is 2. The number of aliphatic hydroxyl groups is 1. The van der Waals surface area contributed by atoms with E-state index in [0.29, 0.717) is 17.4 Å². The van der Waals surface area contributed by atoms with Crippen molar-refractivity contribution >= 4 is 13.7 Å². The number of unbranched alkanes of at least 4 members (excludes halogenated alkanes) is 15. The van der Waals surface area contributed by atoms with Crippen LogP contribution in [0.25, 0.3) is 0 Å². The Kier molecular flexibility index (Phi) is 33.7. The Morgan fingerprint density at radius 2 is 1.17 bits per heavy atom. The second-order valence-electron chi connectivity index (χ2n) is 15.0. The van der Waals surface area contributed by atoms with Crippen molar-refractivity contribution in [2.45, 2.75) is 167 Å². The fourth-order valence-electron chi connectivity index (χ4n) is 5.34. The molecule has 0 spiro atoms. The molecule has 9 heteroatoms. The van der Waals surface area contributed by atoms with Crippen molar-refractivity contribution in [3.8, 4) is 0 Å². The van der Waals surface area contributed by atoms with E-state index in [1.54, 1.807) is 6.08 Å². The number of rotatable bonds is 36. The maximum atomic E-state index is 12.8. The van der Waals surface area contributed by atoms with Crippen molar-refractivity contribution in [3.63, 3.8) is 0 Å². The number of allylic oxidation sites excluding steroid dienone is 9. The first-order chi connectivity index (χ1) is 25.0. The van der Waals surface area contributed by atoms with Gasteiger partial charge in [0, 0.05) is 6.42 Å². The molecule has 0 aromatic carbocycles. The highest BCUT2D eigenvalue weighted by Gasteiger charge is 2.23. The largest absolute Gasteiger partial charge is 0.756 e. The van der Waals surface area contributed by atoms with Gasteiger partial charge >= 0.3 is 0 Å². The minimum atomic E-state index is -4.60. The number of nitrogens with zero attached hydrogens (tertiary/aromatic N) is 1. The van der Waals surface area contributed by atoms with Crippen molar-refractivity contribution in [1.29, 1.82) is 0 Å². The number of likely N-dealkylation sites (N-methyl/N-ethyl adjacent to an activating group) is 1. The molecule has 52 heavy (non-hydrogen) atoms. The topological polar surface area (TPSA) is 108 Å². The maximum absolute atomic E-state index is 12.8. The first-order valence-electron chi connectivity index (χ1n) is 20.7. The van der Waals surface area contributed by atoms with Crippen LogP contribution in [0.5, 0.6) is 0 Å². The van der Waals surface area contributed by atoms with E-state index in [1.165, 1.54) is 77.0 Å². The van der Waals surface area contributed by atoms with Gasteiger partial charge in [-0.15, -0.1) is 0 Å². The van der Waals surface area contributed by atoms with E-state index in [9.17, 15) is 19.4 Å². The molecule has 0 aromatic rings. The number of amides is 1. The molecule has 2 N–H and O–H groups in total. The van der Waals surface area contributed by atoms with Crippen LogP contribution in [0.2, 0.25) is 0 Å². The Morgan fingerprint density at radius 3 is 1.73 bits per heavy atom. The lowest BCUT2D eigenvalue weighted by molar-refractivity contribution is -0.870. The van der Waals surface area contributed by atoms with Gasteiger partial charge in [-0.05, 0) is 70.6 Å². The average molecular weight is 751 g/mol. The van der Waals surface area contributed by atoms with Crippen LogP contribution in [0, 0.1) is 0 Å². The van der Waals surface area contributed by atoms with Crippen molar-refractivity contribution in [1.82, 2.24) is 5.32 Å². The van der Waals surface area contributed by atoms with Crippen LogP contribution >= 0.6 is 7.82 Å². The van der Waals surface area contributed by atoms with E-state index in [0.717, 1.165) is 57.8 Å². The highest BCUT2D eigenvalue weighted by atomic mass is 31.2. The van der Waals surface area contributed by atoms with E-state index in [2.05, 4.69) is 67.8 Å². The van der Waals surface area contributed by atoms with Gasteiger partial charge in [-0.1, -0.05) is 139 Å². The minimum Gasteiger partial charge on any atom is -0.756 e. The van der Waals surface area contributed by atoms with Gasteiger partial charge in [-0.3, -0.25) is 9.36 Å². The monoisotopic (exact) mass is 751 g/mol. The summed E-state index contributed by atoms with van der Waals surface area (Å²) in [5, 5.41) is 13.7. The first-order valence-corrected chi connectivity index (χ1v) is 22.1. The third-order valence-electron chi connectivity index (χ3n) is 8.66. The fourth-order valence-corrected chi connectivity index (χ4v) is 6.06. The van der Waals surface area contributed by atoms with Crippen molar-refractivity contribution in [2.24, 2.45) is 0 Å². The fraction of sp³-hybridized carbons (Fsp3) is 0.744. The predicted molar refractivity (Wildman–Crippen MR) is 219 cm³/mol.